The van der Waals surface area contributed by atoms with Crippen molar-refractivity contribution in [1.82, 2.24) is 0 Å². The van der Waals surface area contributed by atoms with E-state index in [9.17, 15) is 0 Å². The highest BCUT2D eigenvalue weighted by Crippen LogP contribution is 2.71. The van der Waals surface area contributed by atoms with Crippen LogP contribution < -0.4 is 0 Å². The first-order valence-electron chi connectivity index (χ1n) is 5.02. The monoisotopic (exact) mass is 308 g/mol. The minimum absolute atomic E-state index is 0.0417. The van der Waals surface area contributed by atoms with Gasteiger partial charge in [0.1, 0.15) is 4.84 Å². The minimum atomic E-state index is -0.464. The number of hydrogen-bond acceptors (Lipinski definition) is 0. The van der Waals surface area contributed by atoms with E-state index in [1.165, 1.54) is 0 Å². The number of halogens is 5. The lowest BCUT2D eigenvalue weighted by molar-refractivity contribution is 0.151. The predicted octanol–water partition coefficient (Wildman–Crippen LogP) is 4.66. The minimum Gasteiger partial charge on any atom is -0.126 e. The molecule has 0 aromatic heterocycles. The summed E-state index contributed by atoms with van der Waals surface area (Å²) in [5.74, 6) is 0.758. The van der Waals surface area contributed by atoms with Crippen LogP contribution in [-0.2, 0) is 0 Å². The summed E-state index contributed by atoms with van der Waals surface area (Å²) in [6, 6.07) is 0. The van der Waals surface area contributed by atoms with Gasteiger partial charge in [-0.3, -0.25) is 0 Å². The molecule has 0 aliphatic heterocycles. The predicted molar refractivity (Wildman–Crippen MR) is 68.8 cm³/mol. The maximum Gasteiger partial charge on any atom is 0.114 e. The van der Waals surface area contributed by atoms with Gasteiger partial charge in [0.05, 0.1) is 0 Å². The van der Waals surface area contributed by atoms with E-state index in [2.05, 4.69) is 6.92 Å². The fourth-order valence-corrected chi connectivity index (χ4v) is 6.08. The van der Waals surface area contributed by atoms with Gasteiger partial charge in [-0.15, -0.1) is 58.0 Å². The summed E-state index contributed by atoms with van der Waals surface area (Å²) in [4.78, 5) is -0.464. The van der Waals surface area contributed by atoms with Gasteiger partial charge >= 0.3 is 0 Å². The molecule has 2 bridgehead atoms. The number of fused-ring (bicyclic) bond motifs is 2. The third-order valence-corrected chi connectivity index (χ3v) is 7.03. The molecule has 0 N–H and O–H groups in total. The molecule has 2 aliphatic carbocycles. The molecule has 5 atom stereocenters. The summed E-state index contributed by atoms with van der Waals surface area (Å²) >= 11 is 31.1. The van der Waals surface area contributed by atoms with Crippen molar-refractivity contribution >= 4 is 58.0 Å². The molecule has 2 saturated carbocycles. The largest absolute Gasteiger partial charge is 0.126 e. The summed E-state index contributed by atoms with van der Waals surface area (Å²) < 4.78 is 0. The third-order valence-electron chi connectivity index (χ3n) is 4.59. The average molecular weight is 310 g/mol. The van der Waals surface area contributed by atoms with Crippen LogP contribution in [0.15, 0.2) is 0 Å². The second-order valence-electron chi connectivity index (χ2n) is 4.90. The van der Waals surface area contributed by atoms with E-state index >= 15 is 0 Å². The van der Waals surface area contributed by atoms with E-state index in [0.29, 0.717) is 5.88 Å². The molecule has 5 heteroatoms. The first-order valence-corrected chi connectivity index (χ1v) is 7.30. The maximum absolute atomic E-state index is 6.40. The van der Waals surface area contributed by atoms with E-state index in [1.54, 1.807) is 0 Å². The summed E-state index contributed by atoms with van der Waals surface area (Å²) in [5.41, 5.74) is -0.460. The molecular formula is C10H13Cl5. The van der Waals surface area contributed by atoms with Crippen LogP contribution in [0.2, 0.25) is 0 Å². The van der Waals surface area contributed by atoms with Crippen LogP contribution in [0.1, 0.15) is 19.8 Å². The third kappa shape index (κ3) is 1.41. The van der Waals surface area contributed by atoms with Gasteiger partial charge in [-0.2, -0.15) is 0 Å². The Morgan fingerprint density at radius 1 is 1.33 bits per heavy atom. The Morgan fingerprint density at radius 2 is 1.93 bits per heavy atom. The Kier molecular flexibility index (Phi) is 3.43. The van der Waals surface area contributed by atoms with Crippen molar-refractivity contribution in [2.75, 3.05) is 5.88 Å². The van der Waals surface area contributed by atoms with E-state index < -0.39 is 4.84 Å². The van der Waals surface area contributed by atoms with Crippen LogP contribution in [0, 0.1) is 16.7 Å². The molecule has 0 saturated heterocycles. The lowest BCUT2D eigenvalue weighted by Crippen LogP contribution is -2.43. The molecule has 2 rings (SSSR count). The molecule has 0 heterocycles. The van der Waals surface area contributed by atoms with Crippen molar-refractivity contribution in [2.45, 2.75) is 35.4 Å². The standard InChI is InChI=1S/C10H13Cl5/c1-9(8(14)15)5-2-7(13)10(9,4-11)3-6(5)12/h5-8H,2-4H2,1H3/t5-,6-,7+,9-,10+/m0/s1. The second kappa shape index (κ2) is 3.99. The zero-order valence-electron chi connectivity index (χ0n) is 8.32. The van der Waals surface area contributed by atoms with Crippen molar-refractivity contribution in [3.63, 3.8) is 0 Å². The average Bonchev–Trinajstić information content (AvgIpc) is 2.52. The van der Waals surface area contributed by atoms with E-state index in [4.69, 9.17) is 58.0 Å². The van der Waals surface area contributed by atoms with E-state index in [1.807, 2.05) is 0 Å². The fraction of sp³-hybridized carbons (Fsp3) is 1.00. The Balaban J connectivity index is 2.47. The van der Waals surface area contributed by atoms with Crippen molar-refractivity contribution in [3.8, 4) is 0 Å². The van der Waals surface area contributed by atoms with Crippen molar-refractivity contribution in [1.29, 1.82) is 0 Å². The van der Waals surface area contributed by atoms with Crippen molar-refractivity contribution in [2.24, 2.45) is 16.7 Å². The molecule has 0 unspecified atom stereocenters. The van der Waals surface area contributed by atoms with Crippen LogP contribution in [-0.4, -0.2) is 21.5 Å². The lowest BCUT2D eigenvalue weighted by Gasteiger charge is -2.42. The van der Waals surface area contributed by atoms with Crippen LogP contribution in [0.25, 0.3) is 0 Å². The lowest BCUT2D eigenvalue weighted by atomic mass is 9.70. The van der Waals surface area contributed by atoms with Gasteiger partial charge in [0, 0.05) is 27.5 Å². The highest BCUT2D eigenvalue weighted by atomic mass is 35.5. The molecule has 2 aliphatic rings. The van der Waals surface area contributed by atoms with Gasteiger partial charge in [0.2, 0.25) is 0 Å². The maximum atomic E-state index is 6.40. The topological polar surface area (TPSA) is 0 Å². The van der Waals surface area contributed by atoms with Gasteiger partial charge in [-0.1, -0.05) is 6.92 Å². The number of rotatable bonds is 2. The molecule has 88 valence electrons. The van der Waals surface area contributed by atoms with Crippen LogP contribution >= 0.6 is 58.0 Å². The Morgan fingerprint density at radius 3 is 2.33 bits per heavy atom. The highest BCUT2D eigenvalue weighted by Gasteiger charge is 2.70. The molecule has 0 amide bonds. The molecule has 0 spiro atoms. The molecule has 0 radical (unpaired) electrons. The van der Waals surface area contributed by atoms with Gasteiger partial charge in [-0.25, -0.2) is 0 Å². The molecular weight excluding hydrogens is 297 g/mol. The van der Waals surface area contributed by atoms with Crippen molar-refractivity contribution in [3.05, 3.63) is 0 Å². The van der Waals surface area contributed by atoms with E-state index in [0.717, 1.165) is 12.8 Å². The fourth-order valence-electron chi connectivity index (χ4n) is 3.42. The molecule has 0 nitrogen and oxygen atoms in total. The summed E-state index contributed by atoms with van der Waals surface area (Å²) in [6.07, 6.45) is 1.69. The Labute approximate surface area is 116 Å². The number of alkyl halides is 5. The zero-order chi connectivity index (χ0) is 11.4. The van der Waals surface area contributed by atoms with Gasteiger partial charge in [0.25, 0.3) is 0 Å². The smallest absolute Gasteiger partial charge is 0.114 e. The first kappa shape index (κ1) is 12.9. The van der Waals surface area contributed by atoms with Crippen molar-refractivity contribution < 1.29 is 0 Å². The second-order valence-corrected chi connectivity index (χ2v) is 7.35. The molecule has 15 heavy (non-hydrogen) atoms. The quantitative estimate of drug-likeness (QED) is 0.651. The van der Waals surface area contributed by atoms with Crippen LogP contribution in [0.4, 0.5) is 0 Å². The van der Waals surface area contributed by atoms with E-state index in [-0.39, 0.29) is 27.5 Å². The summed E-state index contributed by atoms with van der Waals surface area (Å²) in [7, 11) is 0. The van der Waals surface area contributed by atoms with Crippen LogP contribution in [0.3, 0.4) is 0 Å². The molecule has 0 aromatic carbocycles. The number of hydrogen-bond donors (Lipinski definition) is 0. The normalized spacial score (nSPS) is 54.2. The summed E-state index contributed by atoms with van der Waals surface area (Å²) in [6.45, 7) is 2.08. The Hall–Kier alpha value is 1.45. The van der Waals surface area contributed by atoms with Gasteiger partial charge < -0.3 is 0 Å². The van der Waals surface area contributed by atoms with Gasteiger partial charge in [0.15, 0.2) is 0 Å². The zero-order valence-corrected chi connectivity index (χ0v) is 12.1. The molecule has 2 fully saturated rings. The highest BCUT2D eigenvalue weighted by molar-refractivity contribution is 6.45. The van der Waals surface area contributed by atoms with Crippen LogP contribution in [0.5, 0.6) is 0 Å². The SMILES string of the molecule is C[C@@]1(C(Cl)Cl)[C@H]2C[C@@H](Cl)[C@]1(CCl)C[C@@H]2Cl. The first-order chi connectivity index (χ1) is 6.90. The summed E-state index contributed by atoms with van der Waals surface area (Å²) in [5, 5.41) is 0.142. The Bertz CT molecular complexity index is 269. The molecule has 0 aromatic rings. The van der Waals surface area contributed by atoms with Gasteiger partial charge in [-0.05, 0) is 18.8 Å².